The van der Waals surface area contributed by atoms with Gasteiger partial charge < -0.3 is 9.47 Å². The van der Waals surface area contributed by atoms with Crippen molar-refractivity contribution in [2.24, 2.45) is 0 Å². The van der Waals surface area contributed by atoms with Crippen LogP contribution < -0.4 is 9.47 Å². The van der Waals surface area contributed by atoms with Crippen molar-refractivity contribution in [2.45, 2.75) is 0 Å². The van der Waals surface area contributed by atoms with Crippen LogP contribution in [0.4, 0.5) is 0 Å². The molecule has 0 unspecified atom stereocenters. The molecule has 0 saturated heterocycles. The van der Waals surface area contributed by atoms with E-state index in [0.29, 0.717) is 16.1 Å². The summed E-state index contributed by atoms with van der Waals surface area (Å²) in [4.78, 5) is 0. The zero-order valence-electron chi connectivity index (χ0n) is 11.7. The third-order valence-electron chi connectivity index (χ3n) is 3.35. The number of rotatable bonds is 3. The highest BCUT2D eigenvalue weighted by molar-refractivity contribution is 7.71. The van der Waals surface area contributed by atoms with E-state index in [1.54, 1.807) is 14.2 Å². The number of ether oxygens (including phenoxy) is 2. The van der Waals surface area contributed by atoms with E-state index in [1.807, 2.05) is 42.5 Å². The van der Waals surface area contributed by atoms with Crippen LogP contribution in [-0.2, 0) is 0 Å². The quantitative estimate of drug-likeness (QED) is 0.743. The Balaban J connectivity index is 2.26. The predicted molar refractivity (Wildman–Crippen MR) is 85.5 cm³/mol. The normalized spacial score (nSPS) is 10.6. The van der Waals surface area contributed by atoms with Gasteiger partial charge in [-0.3, -0.25) is 5.10 Å². The van der Waals surface area contributed by atoms with Crippen molar-refractivity contribution in [3.63, 3.8) is 0 Å². The molecule has 0 spiro atoms. The van der Waals surface area contributed by atoms with Crippen LogP contribution in [0, 0.1) is 4.64 Å². The fraction of sp³-hybridized carbons (Fsp3) is 0.125. The first-order valence-electron chi connectivity index (χ1n) is 6.44. The molecule has 4 nitrogen and oxygen atoms in total. The molecule has 0 fully saturated rings. The van der Waals surface area contributed by atoms with Crippen molar-refractivity contribution in [3.05, 3.63) is 47.1 Å². The van der Waals surface area contributed by atoms with Crippen molar-refractivity contribution in [1.82, 2.24) is 10.2 Å². The lowest BCUT2D eigenvalue weighted by molar-refractivity contribution is 0.355. The molecule has 0 aliphatic carbocycles. The van der Waals surface area contributed by atoms with Crippen LogP contribution >= 0.6 is 12.2 Å². The van der Waals surface area contributed by atoms with Crippen LogP contribution in [0.5, 0.6) is 11.5 Å². The number of H-pyrrole nitrogens is 1. The van der Waals surface area contributed by atoms with Crippen LogP contribution in [-0.4, -0.2) is 24.4 Å². The zero-order valence-corrected chi connectivity index (χ0v) is 12.5. The van der Waals surface area contributed by atoms with Gasteiger partial charge in [0.15, 0.2) is 11.5 Å². The number of nitrogens with zero attached hydrogens (tertiary/aromatic N) is 1. The summed E-state index contributed by atoms with van der Waals surface area (Å²) in [5.41, 5.74) is 1.77. The third kappa shape index (κ3) is 2.36. The maximum absolute atomic E-state index is 5.35. The Morgan fingerprint density at radius 1 is 0.952 bits per heavy atom. The van der Waals surface area contributed by atoms with E-state index in [2.05, 4.69) is 10.2 Å². The van der Waals surface area contributed by atoms with E-state index in [9.17, 15) is 0 Å². The highest BCUT2D eigenvalue weighted by Crippen LogP contribution is 2.34. The predicted octanol–water partition coefficient (Wildman–Crippen LogP) is 3.98. The maximum atomic E-state index is 5.35. The van der Waals surface area contributed by atoms with Crippen molar-refractivity contribution in [1.29, 1.82) is 0 Å². The molecule has 0 aliphatic rings. The summed E-state index contributed by atoms with van der Waals surface area (Å²) in [5.74, 6) is 1.36. The van der Waals surface area contributed by atoms with Gasteiger partial charge in [0.2, 0.25) is 0 Å². The average molecular weight is 298 g/mol. The van der Waals surface area contributed by atoms with Crippen LogP contribution in [0.15, 0.2) is 42.5 Å². The number of hydrogen-bond acceptors (Lipinski definition) is 4. The number of nitrogens with one attached hydrogen (secondary N) is 1. The molecule has 1 N–H and O–H groups in total. The van der Waals surface area contributed by atoms with Crippen molar-refractivity contribution >= 4 is 23.0 Å². The van der Waals surface area contributed by atoms with E-state index in [-0.39, 0.29) is 0 Å². The van der Waals surface area contributed by atoms with Crippen molar-refractivity contribution in [2.75, 3.05) is 14.2 Å². The molecular weight excluding hydrogens is 284 g/mol. The number of aromatic nitrogens is 2. The fourth-order valence-corrected chi connectivity index (χ4v) is 2.54. The average Bonchev–Trinajstić information content (AvgIpc) is 2.55. The highest BCUT2D eigenvalue weighted by atomic mass is 32.1. The molecule has 106 valence electrons. The van der Waals surface area contributed by atoms with E-state index < -0.39 is 0 Å². The molecule has 0 saturated carbocycles. The number of aromatic amines is 1. The van der Waals surface area contributed by atoms with Gasteiger partial charge in [0.05, 0.1) is 19.9 Å². The Bertz CT molecular complexity index is 858. The van der Waals surface area contributed by atoms with Gasteiger partial charge >= 0.3 is 0 Å². The maximum Gasteiger partial charge on any atom is 0.161 e. The number of benzene rings is 2. The molecule has 0 atom stereocenters. The van der Waals surface area contributed by atoms with Gasteiger partial charge in [-0.15, -0.1) is 0 Å². The minimum atomic E-state index is 0.634. The lowest BCUT2D eigenvalue weighted by Gasteiger charge is -2.10. The summed E-state index contributed by atoms with van der Waals surface area (Å²) in [6, 6.07) is 13.7. The molecule has 21 heavy (non-hydrogen) atoms. The molecule has 0 amide bonds. The second-order valence-corrected chi connectivity index (χ2v) is 4.92. The Morgan fingerprint density at radius 2 is 1.67 bits per heavy atom. The van der Waals surface area contributed by atoms with Gasteiger partial charge in [-0.1, -0.05) is 36.5 Å². The summed E-state index contributed by atoms with van der Waals surface area (Å²) in [6.07, 6.45) is 0. The van der Waals surface area contributed by atoms with Crippen LogP contribution in [0.2, 0.25) is 0 Å². The zero-order chi connectivity index (χ0) is 14.8. The van der Waals surface area contributed by atoms with E-state index in [4.69, 9.17) is 21.7 Å². The number of fused-ring (bicyclic) bond motifs is 1. The van der Waals surface area contributed by atoms with E-state index in [1.165, 1.54) is 0 Å². The highest BCUT2D eigenvalue weighted by Gasteiger charge is 2.10. The summed E-state index contributed by atoms with van der Waals surface area (Å²) in [7, 11) is 3.23. The standard InChI is InChI=1S/C16H14N2O2S/c1-19-13-8-7-10(9-14(13)20-2)15-11-5-3-4-6-12(11)16(21)18-17-15/h3-9H,1-2H3,(H,18,21). The van der Waals surface area contributed by atoms with Gasteiger partial charge in [-0.2, -0.15) is 5.10 Å². The second-order valence-electron chi connectivity index (χ2n) is 4.52. The van der Waals surface area contributed by atoms with Crippen LogP contribution in [0.1, 0.15) is 0 Å². The first kappa shape index (κ1) is 13.6. The van der Waals surface area contributed by atoms with Gasteiger partial charge in [0, 0.05) is 16.3 Å². The smallest absolute Gasteiger partial charge is 0.161 e. The SMILES string of the molecule is COc1ccc(-c2n[nH]c(=S)c3ccccc23)cc1OC. The molecule has 1 heterocycles. The molecule has 0 aliphatic heterocycles. The Kier molecular flexibility index (Phi) is 3.58. The topological polar surface area (TPSA) is 47.1 Å². The molecule has 3 aromatic rings. The minimum absolute atomic E-state index is 0.634. The number of hydrogen-bond donors (Lipinski definition) is 1. The molecule has 5 heteroatoms. The molecule has 2 aromatic carbocycles. The van der Waals surface area contributed by atoms with Gasteiger partial charge in [0.1, 0.15) is 4.64 Å². The third-order valence-corrected chi connectivity index (χ3v) is 3.66. The van der Waals surface area contributed by atoms with Gasteiger partial charge in [-0.25, -0.2) is 0 Å². The number of methoxy groups -OCH3 is 2. The lowest BCUT2D eigenvalue weighted by atomic mass is 10.0. The van der Waals surface area contributed by atoms with E-state index >= 15 is 0 Å². The first-order chi connectivity index (χ1) is 10.2. The van der Waals surface area contributed by atoms with Crippen LogP contribution in [0.25, 0.3) is 22.0 Å². The monoisotopic (exact) mass is 298 g/mol. The fourth-order valence-electron chi connectivity index (χ4n) is 2.32. The molecular formula is C16H14N2O2S. The summed E-state index contributed by atoms with van der Waals surface area (Å²) < 4.78 is 11.2. The molecule has 0 radical (unpaired) electrons. The second kappa shape index (κ2) is 5.54. The first-order valence-corrected chi connectivity index (χ1v) is 6.85. The minimum Gasteiger partial charge on any atom is -0.493 e. The largest absolute Gasteiger partial charge is 0.493 e. The van der Waals surface area contributed by atoms with Crippen molar-refractivity contribution in [3.8, 4) is 22.8 Å². The van der Waals surface area contributed by atoms with Gasteiger partial charge in [-0.05, 0) is 18.2 Å². The molecule has 3 rings (SSSR count). The lowest BCUT2D eigenvalue weighted by Crippen LogP contribution is -1.94. The Morgan fingerprint density at radius 3 is 2.38 bits per heavy atom. The summed E-state index contributed by atoms with van der Waals surface area (Å²) in [6.45, 7) is 0. The molecule has 0 bridgehead atoms. The van der Waals surface area contributed by atoms with Crippen molar-refractivity contribution < 1.29 is 9.47 Å². The van der Waals surface area contributed by atoms with Gasteiger partial charge in [0.25, 0.3) is 0 Å². The Labute approximate surface area is 127 Å². The summed E-state index contributed by atoms with van der Waals surface area (Å²) in [5, 5.41) is 9.27. The van der Waals surface area contributed by atoms with E-state index in [0.717, 1.165) is 22.0 Å². The summed E-state index contributed by atoms with van der Waals surface area (Å²) >= 11 is 5.29. The Hall–Kier alpha value is -2.40. The molecule has 1 aromatic heterocycles. The van der Waals surface area contributed by atoms with Crippen LogP contribution in [0.3, 0.4) is 0 Å².